The monoisotopic (exact) mass is 1660 g/mol. The smallest absolute Gasteiger partial charge is 0.418 e. The van der Waals surface area contributed by atoms with E-state index in [1.165, 1.54) is 66.8 Å². The second-order valence-electron chi connectivity index (χ2n) is 39.5. The minimum Gasteiger partial charge on any atom is -0.418 e. The molecule has 0 fully saturated rings. The molecule has 0 saturated carbocycles. The SMILES string of the molecule is CC(C)(C)c1cc(Cn2c(-c3cccc(-c4nc5ccccc5n4Cc4cc(C(C)(C)C)cc(C(C)(C)C)c4)n3)nc3ccccc32)cc(C(C)(C)C)c1.CC(C)(C)c1cc(Cn2c(-c3cccc(-c4nc5ccccc5n4Cc4cc(C(C)(C)C)cc(C(C)(C)C)c4)n3)nc3ccccc32)cc(C(C)(C)C)c1.F[B-](F)(F)F.F[B-](F)(F)F.[Fe+2]. The maximum atomic E-state index is 9.75. The zero-order valence-corrected chi connectivity index (χ0v) is 74.6. The molecule has 6 heterocycles. The fourth-order valence-electron chi connectivity index (χ4n) is 14.4. The van der Waals surface area contributed by atoms with Crippen LogP contribution in [0.15, 0.2) is 206 Å². The first-order chi connectivity index (χ1) is 54.5. The van der Waals surface area contributed by atoms with Crippen molar-refractivity contribution in [1.29, 1.82) is 0 Å². The summed E-state index contributed by atoms with van der Waals surface area (Å²) in [5.74, 6) is 3.41. The summed E-state index contributed by atoms with van der Waals surface area (Å²) in [5, 5.41) is 0. The third-order valence-corrected chi connectivity index (χ3v) is 21.3. The Bertz CT molecular complexity index is 5100. The van der Waals surface area contributed by atoms with Crippen molar-refractivity contribution >= 4 is 58.6 Å². The Balaban J connectivity index is 0.000000223. The first-order valence-corrected chi connectivity index (χ1v) is 40.6. The largest absolute Gasteiger partial charge is 2.00 e. The molecule has 0 aliphatic rings. The second-order valence-corrected chi connectivity index (χ2v) is 39.5. The normalized spacial score (nSPS) is 12.8. The van der Waals surface area contributed by atoms with E-state index in [9.17, 15) is 34.5 Å². The minimum atomic E-state index is -6.00. The number of fused-ring (bicyclic) bond motifs is 4. The van der Waals surface area contributed by atoms with E-state index in [0.29, 0.717) is 26.2 Å². The average Bonchev–Trinajstić information content (AvgIpc) is 1.62. The first-order valence-electron chi connectivity index (χ1n) is 40.6. The van der Waals surface area contributed by atoms with E-state index < -0.39 is 14.5 Å². The molecule has 0 radical (unpaired) electrons. The van der Waals surface area contributed by atoms with Gasteiger partial charge in [0, 0.05) is 26.2 Å². The summed E-state index contributed by atoms with van der Waals surface area (Å²) in [6.45, 7) is 57.8. The topological polar surface area (TPSA) is 97.1 Å². The predicted molar refractivity (Wildman–Crippen MR) is 476 cm³/mol. The van der Waals surface area contributed by atoms with Gasteiger partial charge in [-0.25, -0.2) is 29.9 Å². The van der Waals surface area contributed by atoms with Crippen LogP contribution < -0.4 is 0 Å². The summed E-state index contributed by atoms with van der Waals surface area (Å²) in [6, 6.07) is 74.8. The number of benzene rings is 8. The van der Waals surface area contributed by atoms with Crippen molar-refractivity contribution in [1.82, 2.24) is 48.2 Å². The van der Waals surface area contributed by atoms with Crippen molar-refractivity contribution in [3.05, 3.63) is 273 Å². The fraction of sp³-hybridized carbons (Fsp3) is 0.367. The zero-order valence-electron chi connectivity index (χ0n) is 73.5. The predicted octanol–water partition coefficient (Wildman–Crippen LogP) is 27.4. The average molecular weight is 1660 g/mol. The Morgan fingerprint density at radius 2 is 0.370 bits per heavy atom. The Morgan fingerprint density at radius 3 is 0.521 bits per heavy atom. The van der Waals surface area contributed by atoms with Gasteiger partial charge < -0.3 is 52.8 Å². The third kappa shape index (κ3) is 23.0. The first kappa shape index (κ1) is 91.3. The molecule has 14 rings (SSSR count). The molecular weight excluding hydrogens is 1550 g/mol. The van der Waals surface area contributed by atoms with Gasteiger partial charge in [-0.15, -0.1) is 0 Å². The molecular formula is C98H114B2F8FeN10. The van der Waals surface area contributed by atoms with E-state index in [-0.39, 0.29) is 60.4 Å². The maximum Gasteiger partial charge on any atom is 2.00 e. The molecule has 0 unspecified atom stereocenters. The summed E-state index contributed by atoms with van der Waals surface area (Å²) >= 11 is 0. The summed E-state index contributed by atoms with van der Waals surface area (Å²) in [5.41, 5.74) is 27.6. The molecule has 0 bridgehead atoms. The van der Waals surface area contributed by atoms with E-state index in [1.54, 1.807) is 0 Å². The van der Waals surface area contributed by atoms with Gasteiger partial charge in [0.15, 0.2) is 23.3 Å². The van der Waals surface area contributed by atoms with E-state index in [4.69, 9.17) is 29.9 Å². The number of hydrogen-bond donors (Lipinski definition) is 0. The van der Waals surface area contributed by atoms with Gasteiger partial charge in [0.25, 0.3) is 0 Å². The minimum absolute atomic E-state index is 0. The number of rotatable bonds is 12. The van der Waals surface area contributed by atoms with Crippen LogP contribution in [0.1, 0.15) is 233 Å². The molecule has 8 aromatic carbocycles. The standard InChI is InChI=1S/2C49H57N5.2BF4.Fe/c2*1-46(2,3)34-24-32(25-35(28-34)47(4,5)6)30-53-42-22-15-13-18-38(42)51-44(53)40-20-17-21-41(50-40)45-52-39-19-14-16-23-43(39)54(45)31-33-26-36(48(7,8)9)29-37(27-33)49(10,11)12;2*2-1(3,4)5;/h2*13-29H,30-31H2,1-12H3;;;/q;;2*-1;+2. The Labute approximate surface area is 708 Å². The molecule has 0 aliphatic heterocycles. The van der Waals surface area contributed by atoms with Crippen LogP contribution >= 0.6 is 0 Å². The molecule has 6 aromatic heterocycles. The quantitative estimate of drug-likeness (QED) is 0.0893. The maximum absolute atomic E-state index is 9.75. The van der Waals surface area contributed by atoms with Gasteiger partial charge in [-0.2, -0.15) is 0 Å². The van der Waals surface area contributed by atoms with E-state index in [2.05, 4.69) is 391 Å². The number of hydrogen-bond acceptors (Lipinski definition) is 6. The van der Waals surface area contributed by atoms with Crippen molar-refractivity contribution in [3.8, 4) is 46.1 Å². The molecule has 626 valence electrons. The Morgan fingerprint density at radius 1 is 0.218 bits per heavy atom. The van der Waals surface area contributed by atoms with Crippen LogP contribution in [0, 0.1) is 0 Å². The number of nitrogens with zero attached hydrogens (tertiary/aromatic N) is 10. The van der Waals surface area contributed by atoms with Gasteiger partial charge in [0.1, 0.15) is 22.8 Å². The van der Waals surface area contributed by atoms with E-state index in [1.807, 2.05) is 0 Å². The van der Waals surface area contributed by atoms with Crippen LogP contribution in [0.3, 0.4) is 0 Å². The van der Waals surface area contributed by atoms with E-state index >= 15 is 0 Å². The molecule has 21 heteroatoms. The van der Waals surface area contributed by atoms with Crippen LogP contribution in [0.4, 0.5) is 34.5 Å². The number of halogens is 8. The van der Waals surface area contributed by atoms with Gasteiger partial charge in [-0.1, -0.05) is 300 Å². The summed E-state index contributed by atoms with van der Waals surface area (Å²) in [7, 11) is -12.0. The molecule has 0 atom stereocenters. The summed E-state index contributed by atoms with van der Waals surface area (Å²) < 4.78 is 87.4. The van der Waals surface area contributed by atoms with Crippen LogP contribution in [0.25, 0.3) is 90.2 Å². The van der Waals surface area contributed by atoms with Crippen LogP contribution in [-0.4, -0.2) is 62.7 Å². The molecule has 14 aromatic rings. The number of aromatic nitrogens is 10. The number of pyridine rings is 2. The summed E-state index contributed by atoms with van der Waals surface area (Å²) in [6.07, 6.45) is 0. The molecule has 0 amide bonds. The fourth-order valence-corrected chi connectivity index (χ4v) is 14.4. The molecule has 0 N–H and O–H groups in total. The van der Waals surface area contributed by atoms with Crippen molar-refractivity contribution in [2.45, 2.75) is 236 Å². The van der Waals surface area contributed by atoms with Gasteiger partial charge in [-0.05, 0) is 183 Å². The van der Waals surface area contributed by atoms with Gasteiger partial charge in [0.05, 0.1) is 44.1 Å². The molecule has 0 aliphatic carbocycles. The van der Waals surface area contributed by atoms with Crippen molar-refractivity contribution in [2.75, 3.05) is 0 Å². The van der Waals surface area contributed by atoms with Gasteiger partial charge >= 0.3 is 31.6 Å². The summed E-state index contributed by atoms with van der Waals surface area (Å²) in [4.78, 5) is 31.6. The Hall–Kier alpha value is -9.97. The molecule has 0 saturated heterocycles. The van der Waals surface area contributed by atoms with Crippen LogP contribution in [-0.2, 0) is 86.6 Å². The van der Waals surface area contributed by atoms with Crippen molar-refractivity contribution in [2.24, 2.45) is 0 Å². The second kappa shape index (κ2) is 34.3. The van der Waals surface area contributed by atoms with Crippen LogP contribution in [0.2, 0.25) is 0 Å². The molecule has 10 nitrogen and oxygen atoms in total. The zero-order chi connectivity index (χ0) is 86.6. The Kier molecular flexibility index (Phi) is 26.3. The van der Waals surface area contributed by atoms with Crippen molar-refractivity contribution < 1.29 is 51.6 Å². The van der Waals surface area contributed by atoms with Gasteiger partial charge in [-0.3, -0.25) is 0 Å². The molecule has 119 heavy (non-hydrogen) atoms. The number of imidazole rings is 4. The van der Waals surface area contributed by atoms with Gasteiger partial charge in [0.2, 0.25) is 0 Å². The van der Waals surface area contributed by atoms with Crippen LogP contribution in [0.5, 0.6) is 0 Å². The number of para-hydroxylation sites is 8. The van der Waals surface area contributed by atoms with Crippen molar-refractivity contribution in [3.63, 3.8) is 0 Å². The van der Waals surface area contributed by atoms with E-state index in [0.717, 1.165) is 90.2 Å². The molecule has 0 spiro atoms. The third-order valence-electron chi connectivity index (χ3n) is 21.3.